The third-order valence-electron chi connectivity index (χ3n) is 2.40. The number of ketones is 1. The van der Waals surface area contributed by atoms with E-state index in [1.807, 2.05) is 0 Å². The maximum absolute atomic E-state index is 10.7. The molecule has 12 heavy (non-hydrogen) atoms. The Balaban J connectivity index is 2.30. The van der Waals surface area contributed by atoms with Crippen LogP contribution in [0.4, 0.5) is 0 Å². The summed E-state index contributed by atoms with van der Waals surface area (Å²) in [5, 5.41) is 9.31. The molecule has 68 valence electrons. The molecule has 0 saturated carbocycles. The molecule has 2 nitrogen and oxygen atoms in total. The van der Waals surface area contributed by atoms with Crippen molar-refractivity contribution < 1.29 is 9.90 Å². The Morgan fingerprint density at radius 2 is 2.42 bits per heavy atom. The normalized spacial score (nSPS) is 25.3. The third-order valence-corrected chi connectivity index (χ3v) is 2.40. The van der Waals surface area contributed by atoms with Gasteiger partial charge in [-0.2, -0.15) is 0 Å². The Labute approximate surface area is 73.3 Å². The van der Waals surface area contributed by atoms with Gasteiger partial charge in [0.05, 0.1) is 0 Å². The monoisotopic (exact) mass is 168 g/mol. The molecule has 0 aliphatic heterocycles. The van der Waals surface area contributed by atoms with Gasteiger partial charge in [0, 0.05) is 0 Å². The van der Waals surface area contributed by atoms with Gasteiger partial charge < -0.3 is 5.11 Å². The van der Waals surface area contributed by atoms with Crippen LogP contribution in [0.3, 0.4) is 0 Å². The summed E-state index contributed by atoms with van der Waals surface area (Å²) in [5.41, 5.74) is 0. The Morgan fingerprint density at radius 1 is 1.67 bits per heavy atom. The van der Waals surface area contributed by atoms with Crippen molar-refractivity contribution in [1.29, 1.82) is 0 Å². The van der Waals surface area contributed by atoms with Gasteiger partial charge in [-0.15, -0.1) is 0 Å². The number of rotatable bonds is 3. The molecule has 0 spiro atoms. The van der Waals surface area contributed by atoms with Crippen LogP contribution in [0.25, 0.3) is 0 Å². The molecule has 0 aromatic rings. The van der Waals surface area contributed by atoms with Crippen LogP contribution in [0.2, 0.25) is 0 Å². The minimum atomic E-state index is -0.735. The Hall–Kier alpha value is -0.630. The highest BCUT2D eigenvalue weighted by Crippen LogP contribution is 2.22. The van der Waals surface area contributed by atoms with Crippen molar-refractivity contribution in [3.63, 3.8) is 0 Å². The first-order valence-electron chi connectivity index (χ1n) is 4.53. The van der Waals surface area contributed by atoms with Crippen molar-refractivity contribution >= 4 is 5.78 Å². The second-order valence-corrected chi connectivity index (χ2v) is 3.51. The fraction of sp³-hybridized carbons (Fsp3) is 0.700. The number of aliphatic hydroxyl groups excluding tert-OH is 1. The van der Waals surface area contributed by atoms with Gasteiger partial charge in [-0.3, -0.25) is 4.79 Å². The predicted molar refractivity (Wildman–Crippen MR) is 47.8 cm³/mol. The van der Waals surface area contributed by atoms with Gasteiger partial charge in [0.1, 0.15) is 6.10 Å². The van der Waals surface area contributed by atoms with Crippen LogP contribution in [-0.2, 0) is 4.79 Å². The Kier molecular flexibility index (Phi) is 3.48. The maximum Gasteiger partial charge on any atom is 0.158 e. The molecule has 0 fully saturated rings. The quantitative estimate of drug-likeness (QED) is 0.651. The van der Waals surface area contributed by atoms with Crippen LogP contribution in [-0.4, -0.2) is 17.0 Å². The second-order valence-electron chi connectivity index (χ2n) is 3.51. The number of hydrogen-bond acceptors (Lipinski definition) is 2. The minimum absolute atomic E-state index is 0.107. The first kappa shape index (κ1) is 9.46. The third kappa shape index (κ3) is 2.78. The molecule has 2 atom stereocenters. The summed E-state index contributed by atoms with van der Waals surface area (Å²) in [4.78, 5) is 10.7. The SMILES string of the molecule is CC(=O)C(O)CC1CC=CCC1. The lowest BCUT2D eigenvalue weighted by Crippen LogP contribution is -2.21. The summed E-state index contributed by atoms with van der Waals surface area (Å²) in [7, 11) is 0. The zero-order chi connectivity index (χ0) is 8.97. The summed E-state index contributed by atoms with van der Waals surface area (Å²) in [6.45, 7) is 1.45. The second kappa shape index (κ2) is 4.41. The van der Waals surface area contributed by atoms with Gasteiger partial charge in [0.15, 0.2) is 5.78 Å². The van der Waals surface area contributed by atoms with Crippen molar-refractivity contribution in [2.24, 2.45) is 5.92 Å². The molecule has 0 bridgehead atoms. The highest BCUT2D eigenvalue weighted by molar-refractivity contribution is 5.80. The molecule has 0 aromatic carbocycles. The van der Waals surface area contributed by atoms with Gasteiger partial charge in [-0.25, -0.2) is 0 Å². The summed E-state index contributed by atoms with van der Waals surface area (Å²) in [6, 6.07) is 0. The van der Waals surface area contributed by atoms with Crippen LogP contribution in [0.5, 0.6) is 0 Å². The molecule has 0 heterocycles. The lowest BCUT2D eigenvalue weighted by atomic mass is 9.89. The molecule has 1 aliphatic carbocycles. The summed E-state index contributed by atoms with van der Waals surface area (Å²) in [5.74, 6) is 0.401. The van der Waals surface area contributed by atoms with E-state index < -0.39 is 6.10 Å². The number of allylic oxidation sites excluding steroid dienone is 2. The lowest BCUT2D eigenvalue weighted by Gasteiger charge is -2.19. The average molecular weight is 168 g/mol. The molecule has 0 amide bonds. The van der Waals surface area contributed by atoms with Gasteiger partial charge in [-0.05, 0) is 38.5 Å². The highest BCUT2D eigenvalue weighted by atomic mass is 16.3. The number of aliphatic hydroxyl groups is 1. The largest absolute Gasteiger partial charge is 0.385 e. The number of carbonyl (C=O) groups excluding carboxylic acids is 1. The van der Waals surface area contributed by atoms with Crippen molar-refractivity contribution in [2.45, 2.75) is 38.7 Å². The molecule has 2 unspecified atom stereocenters. The molecule has 1 aliphatic rings. The van der Waals surface area contributed by atoms with E-state index in [2.05, 4.69) is 12.2 Å². The molecule has 1 N–H and O–H groups in total. The van der Waals surface area contributed by atoms with Crippen LogP contribution >= 0.6 is 0 Å². The predicted octanol–water partition coefficient (Wildman–Crippen LogP) is 1.68. The van der Waals surface area contributed by atoms with Gasteiger partial charge >= 0.3 is 0 Å². The Morgan fingerprint density at radius 3 is 2.92 bits per heavy atom. The van der Waals surface area contributed by atoms with E-state index >= 15 is 0 Å². The average Bonchev–Trinajstić information content (AvgIpc) is 2.06. The minimum Gasteiger partial charge on any atom is -0.385 e. The summed E-state index contributed by atoms with van der Waals surface area (Å²) < 4.78 is 0. The first-order valence-corrected chi connectivity index (χ1v) is 4.53. The molecule has 1 rings (SSSR count). The standard InChI is InChI=1S/C10H16O2/c1-8(11)10(12)7-9-5-3-2-4-6-9/h2-3,9-10,12H,4-7H2,1H3. The molecule has 0 aromatic heterocycles. The van der Waals surface area contributed by atoms with E-state index in [1.165, 1.54) is 6.92 Å². The van der Waals surface area contributed by atoms with E-state index in [-0.39, 0.29) is 5.78 Å². The maximum atomic E-state index is 10.7. The van der Waals surface area contributed by atoms with Crippen LogP contribution in [0.1, 0.15) is 32.6 Å². The van der Waals surface area contributed by atoms with Crippen molar-refractivity contribution in [1.82, 2.24) is 0 Å². The molecule has 2 heteroatoms. The zero-order valence-electron chi connectivity index (χ0n) is 7.49. The number of hydrogen-bond donors (Lipinski definition) is 1. The number of carbonyl (C=O) groups is 1. The van der Waals surface area contributed by atoms with E-state index in [4.69, 9.17) is 0 Å². The van der Waals surface area contributed by atoms with Gasteiger partial charge in [0.2, 0.25) is 0 Å². The molecule has 0 saturated heterocycles. The summed E-state index contributed by atoms with van der Waals surface area (Å²) in [6.07, 6.45) is 7.43. The van der Waals surface area contributed by atoms with Crippen LogP contribution in [0.15, 0.2) is 12.2 Å². The lowest BCUT2D eigenvalue weighted by molar-refractivity contribution is -0.125. The fourth-order valence-electron chi connectivity index (χ4n) is 1.55. The molecular weight excluding hydrogens is 152 g/mol. The van der Waals surface area contributed by atoms with Crippen molar-refractivity contribution in [3.8, 4) is 0 Å². The van der Waals surface area contributed by atoms with Gasteiger partial charge in [0.25, 0.3) is 0 Å². The van der Waals surface area contributed by atoms with Gasteiger partial charge in [-0.1, -0.05) is 12.2 Å². The van der Waals surface area contributed by atoms with Crippen molar-refractivity contribution in [2.75, 3.05) is 0 Å². The van der Waals surface area contributed by atoms with E-state index in [9.17, 15) is 9.90 Å². The van der Waals surface area contributed by atoms with Crippen LogP contribution < -0.4 is 0 Å². The zero-order valence-corrected chi connectivity index (χ0v) is 7.49. The molecular formula is C10H16O2. The van der Waals surface area contributed by atoms with Crippen LogP contribution in [0, 0.1) is 5.92 Å². The fourth-order valence-corrected chi connectivity index (χ4v) is 1.55. The topological polar surface area (TPSA) is 37.3 Å². The van der Waals surface area contributed by atoms with E-state index in [0.29, 0.717) is 12.3 Å². The first-order chi connectivity index (χ1) is 5.70. The van der Waals surface area contributed by atoms with E-state index in [0.717, 1.165) is 19.3 Å². The van der Waals surface area contributed by atoms with Crippen molar-refractivity contribution in [3.05, 3.63) is 12.2 Å². The highest BCUT2D eigenvalue weighted by Gasteiger charge is 2.17. The number of Topliss-reactive ketones (excluding diaryl/α,β-unsaturated/α-hetero) is 1. The smallest absolute Gasteiger partial charge is 0.158 e. The van der Waals surface area contributed by atoms with E-state index in [1.54, 1.807) is 0 Å². The Bertz CT molecular complexity index is 184. The summed E-state index contributed by atoms with van der Waals surface area (Å²) >= 11 is 0. The molecule has 0 radical (unpaired) electrons.